The van der Waals surface area contributed by atoms with E-state index in [1.807, 2.05) is 17.2 Å². The SMILES string of the molecule is CN(CCc1cccnc1)C(C)(C)NCC1CCN(CC(F)F)CC1. The van der Waals surface area contributed by atoms with Crippen molar-refractivity contribution in [3.8, 4) is 0 Å². The summed E-state index contributed by atoms with van der Waals surface area (Å²) >= 11 is 0. The van der Waals surface area contributed by atoms with E-state index in [0.717, 1.165) is 45.4 Å². The van der Waals surface area contributed by atoms with Gasteiger partial charge in [0.25, 0.3) is 6.43 Å². The minimum Gasteiger partial charge on any atom is -0.299 e. The standard InChI is InChI=1S/C19H32F2N4/c1-19(2,24(3)10-6-16-5-4-9-22-13-16)23-14-17-7-11-25(12-8-17)15-18(20)21/h4-5,9,13,17-18,23H,6-8,10-12,14-15H2,1-3H3. The normalized spacial score (nSPS) is 17.6. The number of hydrogen-bond donors (Lipinski definition) is 1. The summed E-state index contributed by atoms with van der Waals surface area (Å²) in [6, 6.07) is 4.08. The molecule has 142 valence electrons. The fourth-order valence-electron chi connectivity index (χ4n) is 3.22. The lowest BCUT2D eigenvalue weighted by atomic mass is 9.96. The Bertz CT molecular complexity index is 487. The first-order valence-corrected chi connectivity index (χ1v) is 9.22. The predicted molar refractivity (Wildman–Crippen MR) is 97.8 cm³/mol. The van der Waals surface area contributed by atoms with Gasteiger partial charge in [0, 0.05) is 18.9 Å². The zero-order valence-electron chi connectivity index (χ0n) is 15.7. The molecule has 1 aromatic heterocycles. The summed E-state index contributed by atoms with van der Waals surface area (Å²) in [7, 11) is 2.13. The Kier molecular flexibility index (Phi) is 7.72. The third-order valence-electron chi connectivity index (χ3n) is 5.34. The number of hydrogen-bond acceptors (Lipinski definition) is 4. The maximum atomic E-state index is 12.4. The van der Waals surface area contributed by atoms with Gasteiger partial charge in [-0.15, -0.1) is 0 Å². The largest absolute Gasteiger partial charge is 0.299 e. The average Bonchev–Trinajstić information content (AvgIpc) is 2.59. The first-order chi connectivity index (χ1) is 11.9. The van der Waals surface area contributed by atoms with Crippen molar-refractivity contribution < 1.29 is 8.78 Å². The van der Waals surface area contributed by atoms with Crippen LogP contribution >= 0.6 is 0 Å². The van der Waals surface area contributed by atoms with Gasteiger partial charge in [-0.05, 0) is 77.3 Å². The Morgan fingerprint density at radius 2 is 2.08 bits per heavy atom. The highest BCUT2D eigenvalue weighted by Gasteiger charge is 2.26. The molecule has 0 amide bonds. The maximum absolute atomic E-state index is 12.4. The number of nitrogens with one attached hydrogen (secondary N) is 1. The van der Waals surface area contributed by atoms with Crippen molar-refractivity contribution in [2.45, 2.75) is 45.2 Å². The molecule has 0 unspecified atom stereocenters. The molecule has 4 nitrogen and oxygen atoms in total. The van der Waals surface area contributed by atoms with Crippen molar-refractivity contribution >= 4 is 0 Å². The second-order valence-corrected chi connectivity index (χ2v) is 7.61. The number of aromatic nitrogens is 1. The third kappa shape index (κ3) is 6.96. The zero-order valence-corrected chi connectivity index (χ0v) is 15.7. The van der Waals surface area contributed by atoms with Gasteiger partial charge in [0.05, 0.1) is 12.2 Å². The van der Waals surface area contributed by atoms with Gasteiger partial charge >= 0.3 is 0 Å². The van der Waals surface area contributed by atoms with E-state index in [2.05, 4.69) is 42.2 Å². The molecule has 0 bridgehead atoms. The van der Waals surface area contributed by atoms with E-state index in [9.17, 15) is 8.78 Å². The van der Waals surface area contributed by atoms with Crippen LogP contribution < -0.4 is 5.32 Å². The van der Waals surface area contributed by atoms with Crippen molar-refractivity contribution in [2.75, 3.05) is 39.8 Å². The fraction of sp³-hybridized carbons (Fsp3) is 0.737. The molecule has 2 rings (SSSR count). The van der Waals surface area contributed by atoms with E-state index >= 15 is 0 Å². The summed E-state index contributed by atoms with van der Waals surface area (Å²) in [5, 5.41) is 3.66. The lowest BCUT2D eigenvalue weighted by molar-refractivity contribution is 0.0631. The van der Waals surface area contributed by atoms with Crippen LogP contribution in [0.2, 0.25) is 0 Å². The third-order valence-corrected chi connectivity index (χ3v) is 5.34. The first-order valence-electron chi connectivity index (χ1n) is 9.22. The minimum atomic E-state index is -2.22. The van der Waals surface area contributed by atoms with Gasteiger partial charge in [0.15, 0.2) is 0 Å². The topological polar surface area (TPSA) is 31.4 Å². The van der Waals surface area contributed by atoms with Crippen LogP contribution in [0.1, 0.15) is 32.3 Å². The Hall–Kier alpha value is -1.11. The first kappa shape index (κ1) is 20.2. The summed E-state index contributed by atoms with van der Waals surface area (Å²) < 4.78 is 24.9. The van der Waals surface area contributed by atoms with Gasteiger partial charge in [-0.3, -0.25) is 20.1 Å². The van der Waals surface area contributed by atoms with Crippen molar-refractivity contribution in [3.63, 3.8) is 0 Å². The van der Waals surface area contributed by atoms with Crippen molar-refractivity contribution in [2.24, 2.45) is 5.92 Å². The lowest BCUT2D eigenvalue weighted by Gasteiger charge is -2.39. The van der Waals surface area contributed by atoms with Gasteiger partial charge in [0.2, 0.25) is 0 Å². The number of likely N-dealkylation sites (tertiary alicyclic amines) is 1. The van der Waals surface area contributed by atoms with Crippen LogP contribution in [-0.2, 0) is 6.42 Å². The molecule has 0 radical (unpaired) electrons. The van der Waals surface area contributed by atoms with E-state index in [1.54, 1.807) is 6.20 Å². The molecular formula is C19H32F2N4. The van der Waals surface area contributed by atoms with E-state index in [1.165, 1.54) is 5.56 Å². The van der Waals surface area contributed by atoms with Crippen LogP contribution in [0.4, 0.5) is 8.78 Å². The molecular weight excluding hydrogens is 322 g/mol. The van der Waals surface area contributed by atoms with Crippen LogP contribution in [0.3, 0.4) is 0 Å². The van der Waals surface area contributed by atoms with Gasteiger partial charge in [-0.1, -0.05) is 6.07 Å². The van der Waals surface area contributed by atoms with Crippen LogP contribution in [0.15, 0.2) is 24.5 Å². The summed E-state index contributed by atoms with van der Waals surface area (Å²) in [4.78, 5) is 8.37. The molecule has 0 aromatic carbocycles. The monoisotopic (exact) mass is 354 g/mol. The Labute approximate surface area is 150 Å². The van der Waals surface area contributed by atoms with Gasteiger partial charge in [0.1, 0.15) is 0 Å². The quantitative estimate of drug-likeness (QED) is 0.691. The molecule has 1 aliphatic heterocycles. The maximum Gasteiger partial charge on any atom is 0.251 e. The summed E-state index contributed by atoms with van der Waals surface area (Å²) in [5.74, 6) is 0.569. The Balaban J connectivity index is 1.70. The molecule has 0 aliphatic carbocycles. The summed E-state index contributed by atoms with van der Waals surface area (Å²) in [5.41, 5.74) is 1.15. The Morgan fingerprint density at radius 3 is 2.68 bits per heavy atom. The molecule has 1 saturated heterocycles. The highest BCUT2D eigenvalue weighted by Crippen LogP contribution is 2.19. The van der Waals surface area contributed by atoms with Gasteiger partial charge < -0.3 is 0 Å². The molecule has 2 heterocycles. The predicted octanol–water partition coefficient (Wildman–Crippen LogP) is 2.86. The number of likely N-dealkylation sites (N-methyl/N-ethyl adjacent to an activating group) is 1. The van der Waals surface area contributed by atoms with Crippen molar-refractivity contribution in [3.05, 3.63) is 30.1 Å². The van der Waals surface area contributed by atoms with Crippen LogP contribution in [0.5, 0.6) is 0 Å². The van der Waals surface area contributed by atoms with Crippen LogP contribution in [0.25, 0.3) is 0 Å². The molecule has 0 atom stereocenters. The van der Waals surface area contributed by atoms with E-state index in [4.69, 9.17) is 0 Å². The molecule has 1 fully saturated rings. The molecule has 6 heteroatoms. The van der Waals surface area contributed by atoms with E-state index in [-0.39, 0.29) is 12.2 Å². The summed E-state index contributed by atoms with van der Waals surface area (Å²) in [6.45, 7) is 7.78. The second-order valence-electron chi connectivity index (χ2n) is 7.61. The zero-order chi connectivity index (χ0) is 18.3. The van der Waals surface area contributed by atoms with Crippen molar-refractivity contribution in [1.29, 1.82) is 0 Å². The molecule has 1 aliphatic rings. The number of halogens is 2. The van der Waals surface area contributed by atoms with Crippen LogP contribution in [0, 0.1) is 5.92 Å². The van der Waals surface area contributed by atoms with E-state index in [0.29, 0.717) is 5.92 Å². The number of alkyl halides is 2. The highest BCUT2D eigenvalue weighted by molar-refractivity contribution is 5.08. The molecule has 25 heavy (non-hydrogen) atoms. The van der Waals surface area contributed by atoms with Gasteiger partial charge in [-0.2, -0.15) is 0 Å². The number of piperidine rings is 1. The molecule has 0 spiro atoms. The molecule has 1 aromatic rings. The van der Waals surface area contributed by atoms with Crippen LogP contribution in [-0.4, -0.2) is 66.6 Å². The molecule has 1 N–H and O–H groups in total. The average molecular weight is 354 g/mol. The lowest BCUT2D eigenvalue weighted by Crippen LogP contribution is -2.55. The number of rotatable bonds is 9. The number of pyridine rings is 1. The number of nitrogens with zero attached hydrogens (tertiary/aromatic N) is 3. The smallest absolute Gasteiger partial charge is 0.251 e. The second kappa shape index (κ2) is 9.55. The molecule has 0 saturated carbocycles. The minimum absolute atomic E-state index is 0.0806. The van der Waals surface area contributed by atoms with Crippen molar-refractivity contribution in [1.82, 2.24) is 20.1 Å². The van der Waals surface area contributed by atoms with E-state index < -0.39 is 6.43 Å². The Morgan fingerprint density at radius 1 is 1.36 bits per heavy atom. The highest BCUT2D eigenvalue weighted by atomic mass is 19.3. The summed E-state index contributed by atoms with van der Waals surface area (Å²) in [6.07, 6.45) is 4.46. The fourth-order valence-corrected chi connectivity index (χ4v) is 3.22. The van der Waals surface area contributed by atoms with Gasteiger partial charge in [-0.25, -0.2) is 8.78 Å².